The molecule has 1 amide bonds. The zero-order valence-corrected chi connectivity index (χ0v) is 9.21. The number of rotatable bonds is 1. The van der Waals surface area contributed by atoms with Crippen molar-refractivity contribution in [2.24, 2.45) is 0 Å². The molecule has 3 unspecified atom stereocenters. The Morgan fingerprint density at radius 3 is 3.00 bits per heavy atom. The Kier molecular flexibility index (Phi) is 3.13. The van der Waals surface area contributed by atoms with E-state index >= 15 is 0 Å². The summed E-state index contributed by atoms with van der Waals surface area (Å²) in [7, 11) is 2.50. The minimum atomic E-state index is 0.205. The molecule has 1 heterocycles. The van der Waals surface area contributed by atoms with Gasteiger partial charge in [0.05, 0.1) is 0 Å². The fourth-order valence-corrected chi connectivity index (χ4v) is 2.79. The average molecular weight is 174 g/mol. The van der Waals surface area contributed by atoms with Crippen LogP contribution in [0.4, 0.5) is 0 Å². The Bertz CT molecular complexity index is 144. The van der Waals surface area contributed by atoms with Crippen molar-refractivity contribution in [1.29, 1.82) is 0 Å². The van der Waals surface area contributed by atoms with Gasteiger partial charge >= 0.3 is 0 Å². The van der Waals surface area contributed by atoms with E-state index in [1.807, 2.05) is 0 Å². The molecule has 1 aliphatic rings. The minimum Gasteiger partial charge on any atom is -0.355 e. The summed E-state index contributed by atoms with van der Waals surface area (Å²) in [6, 6.07) is 0.481. The SMILES string of the molecule is O=C1C[CH]([AlH2])C(NP)CN1. The molecule has 56 valence electrons. The number of piperidine rings is 1. The van der Waals surface area contributed by atoms with E-state index in [4.69, 9.17) is 0 Å². The monoisotopic (exact) mass is 174 g/mol. The zero-order valence-electron chi connectivity index (χ0n) is 6.05. The smallest absolute Gasteiger partial charge is 0.219 e. The molecule has 0 spiro atoms. The highest BCUT2D eigenvalue weighted by molar-refractivity contribution is 7.13. The lowest BCUT2D eigenvalue weighted by Crippen LogP contribution is -2.46. The van der Waals surface area contributed by atoms with Crippen LogP contribution in [0.1, 0.15) is 6.42 Å². The highest BCUT2D eigenvalue weighted by Gasteiger charge is 2.23. The predicted molar refractivity (Wildman–Crippen MR) is 46.6 cm³/mol. The van der Waals surface area contributed by atoms with Gasteiger partial charge in [0.25, 0.3) is 0 Å². The number of hydrogen-bond donors (Lipinski definition) is 2. The average Bonchev–Trinajstić information content (AvgIpc) is 1.88. The van der Waals surface area contributed by atoms with Crippen LogP contribution in [0.25, 0.3) is 0 Å². The summed E-state index contributed by atoms with van der Waals surface area (Å²) in [5, 5.41) is 5.93. The van der Waals surface area contributed by atoms with Crippen molar-refractivity contribution in [2.45, 2.75) is 17.2 Å². The first-order valence-corrected chi connectivity index (χ1v) is 5.20. The van der Waals surface area contributed by atoms with Crippen molar-refractivity contribution < 1.29 is 4.79 Å². The molecule has 3 atom stereocenters. The second-order valence-electron chi connectivity index (χ2n) is 2.76. The summed E-state index contributed by atoms with van der Waals surface area (Å²) < 4.78 is 0.589. The second kappa shape index (κ2) is 3.69. The van der Waals surface area contributed by atoms with E-state index in [0.29, 0.717) is 17.2 Å². The lowest BCUT2D eigenvalue weighted by molar-refractivity contribution is -0.122. The third-order valence-electron chi connectivity index (χ3n) is 1.93. The Balaban J connectivity index is 2.43. The molecule has 5 heteroatoms. The molecular weight excluding hydrogens is 162 g/mol. The van der Waals surface area contributed by atoms with Crippen molar-refractivity contribution in [3.63, 3.8) is 0 Å². The number of amides is 1. The molecule has 0 aromatic carbocycles. The maximum atomic E-state index is 10.8. The number of nitrogens with one attached hydrogen (secondary N) is 2. The van der Waals surface area contributed by atoms with E-state index in [1.165, 1.54) is 0 Å². The van der Waals surface area contributed by atoms with E-state index in [0.717, 1.165) is 22.8 Å². The van der Waals surface area contributed by atoms with Crippen LogP contribution in [0.2, 0.25) is 4.78 Å². The van der Waals surface area contributed by atoms with Crippen LogP contribution < -0.4 is 10.4 Å². The standard InChI is InChI=1S/C5H10N2OP.Al.2H/c8-5-2-1-4(7-9)3-6-5;;;/h1,4,7H,2-3,9H2,(H,6,8);;;. The van der Waals surface area contributed by atoms with Crippen LogP contribution >= 0.6 is 9.39 Å². The largest absolute Gasteiger partial charge is 0.355 e. The van der Waals surface area contributed by atoms with E-state index in [1.54, 1.807) is 0 Å². The molecule has 1 saturated heterocycles. The van der Waals surface area contributed by atoms with Gasteiger partial charge in [0, 0.05) is 19.0 Å². The fourth-order valence-electron chi connectivity index (χ4n) is 1.16. The van der Waals surface area contributed by atoms with Gasteiger partial charge in [0.1, 0.15) is 0 Å². The predicted octanol–water partition coefficient (Wildman–Crippen LogP) is -1.32. The van der Waals surface area contributed by atoms with E-state index in [-0.39, 0.29) is 5.91 Å². The molecule has 2 N–H and O–H groups in total. The maximum absolute atomic E-state index is 10.8. The van der Waals surface area contributed by atoms with Gasteiger partial charge in [-0.3, -0.25) is 9.88 Å². The number of carbonyl (C=O) groups is 1. The van der Waals surface area contributed by atoms with Gasteiger partial charge in [0.15, 0.2) is 0 Å². The summed E-state index contributed by atoms with van der Waals surface area (Å²) in [5.41, 5.74) is 0. The quantitative estimate of drug-likeness (QED) is 0.382. The molecule has 0 aromatic rings. The van der Waals surface area contributed by atoms with Gasteiger partial charge in [-0.15, -0.1) is 0 Å². The molecule has 0 bridgehead atoms. The molecular formula is C5H12AlN2OP. The Morgan fingerprint density at radius 2 is 2.50 bits per heavy atom. The molecule has 0 aromatic heterocycles. The Hall–Kier alpha value is 0.392. The van der Waals surface area contributed by atoms with Crippen LogP contribution in [0.3, 0.4) is 0 Å². The first-order chi connectivity index (χ1) is 4.74. The van der Waals surface area contributed by atoms with Crippen molar-refractivity contribution >= 4 is 31.6 Å². The zero-order chi connectivity index (χ0) is 7.56. The first-order valence-electron chi connectivity index (χ1n) is 3.47. The molecule has 1 fully saturated rings. The second-order valence-corrected chi connectivity index (χ2v) is 4.58. The van der Waals surface area contributed by atoms with Crippen molar-refractivity contribution in [2.75, 3.05) is 6.54 Å². The van der Waals surface area contributed by atoms with Crippen LogP contribution in [0, 0.1) is 0 Å². The van der Waals surface area contributed by atoms with Crippen LogP contribution in [0.15, 0.2) is 0 Å². The molecule has 1 rings (SSSR count). The number of hydrogen-bond acceptors (Lipinski definition) is 2. The third-order valence-corrected chi connectivity index (χ3v) is 3.57. The molecule has 0 aliphatic carbocycles. The van der Waals surface area contributed by atoms with Gasteiger partial charge in [-0.2, -0.15) is 0 Å². The van der Waals surface area contributed by atoms with Gasteiger partial charge < -0.3 is 5.32 Å². The number of carbonyl (C=O) groups excluding carboxylic acids is 1. The van der Waals surface area contributed by atoms with Crippen LogP contribution in [-0.2, 0) is 4.79 Å². The summed E-state index contributed by atoms with van der Waals surface area (Å²) in [5.74, 6) is 0.205. The molecule has 0 saturated carbocycles. The Morgan fingerprint density at radius 1 is 1.80 bits per heavy atom. The molecule has 1 aliphatic heterocycles. The first kappa shape index (κ1) is 8.49. The van der Waals surface area contributed by atoms with Gasteiger partial charge in [0.2, 0.25) is 22.2 Å². The highest BCUT2D eigenvalue weighted by Crippen LogP contribution is 2.15. The fraction of sp³-hybridized carbons (Fsp3) is 0.800. The molecule has 3 nitrogen and oxygen atoms in total. The van der Waals surface area contributed by atoms with Crippen molar-refractivity contribution in [3.05, 3.63) is 0 Å². The van der Waals surface area contributed by atoms with Gasteiger partial charge in [-0.05, 0) is 0 Å². The van der Waals surface area contributed by atoms with E-state index in [2.05, 4.69) is 19.8 Å². The topological polar surface area (TPSA) is 41.1 Å². The van der Waals surface area contributed by atoms with Crippen molar-refractivity contribution in [3.8, 4) is 0 Å². The Labute approximate surface area is 71.0 Å². The van der Waals surface area contributed by atoms with Crippen molar-refractivity contribution in [1.82, 2.24) is 10.4 Å². The van der Waals surface area contributed by atoms with Gasteiger partial charge in [-0.25, -0.2) is 0 Å². The summed E-state index contributed by atoms with van der Waals surface area (Å²) >= 11 is 1.10. The van der Waals surface area contributed by atoms with E-state index in [9.17, 15) is 4.79 Å². The van der Waals surface area contributed by atoms with E-state index < -0.39 is 0 Å². The van der Waals surface area contributed by atoms with Crippen LogP contribution in [0.5, 0.6) is 0 Å². The summed E-state index contributed by atoms with van der Waals surface area (Å²) in [4.78, 5) is 10.8. The lowest BCUT2D eigenvalue weighted by Gasteiger charge is -2.28. The maximum Gasteiger partial charge on any atom is 0.219 e. The normalized spacial score (nSPS) is 33.5. The summed E-state index contributed by atoms with van der Waals surface area (Å²) in [6.07, 6.45) is 0.707. The minimum absolute atomic E-state index is 0.205. The van der Waals surface area contributed by atoms with Crippen LogP contribution in [-0.4, -0.2) is 34.8 Å². The third kappa shape index (κ3) is 1.94. The highest BCUT2D eigenvalue weighted by atomic mass is 31.0. The summed E-state index contributed by atoms with van der Waals surface area (Å²) in [6.45, 7) is 0.788. The lowest BCUT2D eigenvalue weighted by atomic mass is 10.1. The molecule has 0 radical (unpaired) electrons. The van der Waals surface area contributed by atoms with Gasteiger partial charge in [-0.1, -0.05) is 14.2 Å². The molecule has 10 heavy (non-hydrogen) atoms.